The molecule has 168 valence electrons. The first kappa shape index (κ1) is 23.8. The SMILES string of the molecule is COc1ccc(NC(=O)C[C@@H](NCCc2ccc(OC)c(OC)c2)C(=O)O)c(OC)c1. The van der Waals surface area contributed by atoms with E-state index in [1.807, 2.05) is 12.1 Å². The number of anilines is 1. The molecule has 0 radical (unpaired) electrons. The van der Waals surface area contributed by atoms with Crippen LogP contribution in [-0.2, 0) is 16.0 Å². The van der Waals surface area contributed by atoms with Crippen molar-refractivity contribution < 1.29 is 33.6 Å². The van der Waals surface area contributed by atoms with E-state index in [-0.39, 0.29) is 6.42 Å². The fraction of sp³-hybridized carbons (Fsp3) is 0.364. The van der Waals surface area contributed by atoms with E-state index in [1.165, 1.54) is 14.2 Å². The maximum Gasteiger partial charge on any atom is 0.321 e. The summed E-state index contributed by atoms with van der Waals surface area (Å²) >= 11 is 0. The molecule has 0 saturated heterocycles. The van der Waals surface area contributed by atoms with Crippen LogP contribution in [-0.4, -0.2) is 58.0 Å². The molecule has 0 heterocycles. The number of rotatable bonds is 12. The smallest absolute Gasteiger partial charge is 0.321 e. The van der Waals surface area contributed by atoms with Gasteiger partial charge in [0.25, 0.3) is 0 Å². The van der Waals surface area contributed by atoms with Crippen molar-refractivity contribution in [1.82, 2.24) is 5.32 Å². The van der Waals surface area contributed by atoms with Crippen molar-refractivity contribution >= 4 is 17.6 Å². The van der Waals surface area contributed by atoms with Crippen LogP contribution in [0.3, 0.4) is 0 Å². The maximum absolute atomic E-state index is 12.4. The molecule has 0 saturated carbocycles. The van der Waals surface area contributed by atoms with Crippen LogP contribution in [0.25, 0.3) is 0 Å². The number of nitrogens with one attached hydrogen (secondary N) is 2. The van der Waals surface area contributed by atoms with Gasteiger partial charge in [-0.05, 0) is 42.8 Å². The lowest BCUT2D eigenvalue weighted by atomic mass is 10.1. The summed E-state index contributed by atoms with van der Waals surface area (Å²) in [5.41, 5.74) is 1.38. The van der Waals surface area contributed by atoms with Gasteiger partial charge in [0.1, 0.15) is 17.5 Å². The molecular weight excluding hydrogens is 404 g/mol. The van der Waals surface area contributed by atoms with Gasteiger partial charge in [-0.25, -0.2) is 0 Å². The van der Waals surface area contributed by atoms with Crippen molar-refractivity contribution in [2.75, 3.05) is 40.3 Å². The van der Waals surface area contributed by atoms with Gasteiger partial charge in [-0.3, -0.25) is 9.59 Å². The minimum atomic E-state index is -1.11. The summed E-state index contributed by atoms with van der Waals surface area (Å²) in [6, 6.07) is 9.40. The van der Waals surface area contributed by atoms with Crippen LogP contribution in [0.2, 0.25) is 0 Å². The minimum Gasteiger partial charge on any atom is -0.497 e. The molecule has 9 nitrogen and oxygen atoms in total. The van der Waals surface area contributed by atoms with E-state index in [1.54, 1.807) is 38.5 Å². The Balaban J connectivity index is 1.94. The predicted molar refractivity (Wildman–Crippen MR) is 115 cm³/mol. The lowest BCUT2D eigenvalue weighted by Crippen LogP contribution is -2.40. The Hall–Kier alpha value is -3.46. The Bertz CT molecular complexity index is 901. The van der Waals surface area contributed by atoms with Crippen molar-refractivity contribution in [3.05, 3.63) is 42.0 Å². The number of hydrogen-bond acceptors (Lipinski definition) is 7. The Kier molecular flexibility index (Phi) is 8.95. The van der Waals surface area contributed by atoms with Crippen LogP contribution >= 0.6 is 0 Å². The third-order valence-electron chi connectivity index (χ3n) is 4.62. The number of carboxylic acid groups (broad SMARTS) is 1. The predicted octanol–water partition coefficient (Wildman–Crippen LogP) is 2.34. The number of carbonyl (C=O) groups is 2. The molecule has 0 bridgehead atoms. The van der Waals surface area contributed by atoms with Gasteiger partial charge in [-0.1, -0.05) is 6.07 Å². The number of hydrogen-bond donors (Lipinski definition) is 3. The third-order valence-corrected chi connectivity index (χ3v) is 4.62. The number of carbonyl (C=O) groups excluding carboxylic acids is 1. The molecule has 0 aliphatic heterocycles. The summed E-state index contributed by atoms with van der Waals surface area (Å²) in [5.74, 6) is 0.658. The number of aliphatic carboxylic acids is 1. The molecule has 0 unspecified atom stereocenters. The number of methoxy groups -OCH3 is 4. The fourth-order valence-electron chi connectivity index (χ4n) is 2.96. The number of carboxylic acids is 1. The summed E-state index contributed by atoms with van der Waals surface area (Å²) < 4.78 is 20.9. The van der Waals surface area contributed by atoms with Crippen molar-refractivity contribution in [2.45, 2.75) is 18.9 Å². The lowest BCUT2D eigenvalue weighted by Gasteiger charge is -2.16. The van der Waals surface area contributed by atoms with E-state index < -0.39 is 17.9 Å². The fourth-order valence-corrected chi connectivity index (χ4v) is 2.96. The molecule has 2 aromatic carbocycles. The van der Waals surface area contributed by atoms with Crippen molar-refractivity contribution in [1.29, 1.82) is 0 Å². The molecule has 31 heavy (non-hydrogen) atoms. The van der Waals surface area contributed by atoms with E-state index in [9.17, 15) is 14.7 Å². The summed E-state index contributed by atoms with van der Waals surface area (Å²) in [6.45, 7) is 0.367. The van der Waals surface area contributed by atoms with Crippen molar-refractivity contribution in [2.24, 2.45) is 0 Å². The standard InChI is InChI=1S/C22H28N2O7/c1-28-15-6-7-16(19(12-15)30-3)24-21(25)13-17(22(26)27)23-10-9-14-5-8-18(29-2)20(11-14)31-4/h5-8,11-12,17,23H,9-10,13H2,1-4H3,(H,24,25)(H,26,27)/t17-/m1/s1. The molecule has 3 N–H and O–H groups in total. The Morgan fingerprint density at radius 3 is 2.23 bits per heavy atom. The van der Waals surface area contributed by atoms with E-state index in [2.05, 4.69) is 10.6 Å². The minimum absolute atomic E-state index is 0.240. The van der Waals surface area contributed by atoms with E-state index >= 15 is 0 Å². The van der Waals surface area contributed by atoms with E-state index in [0.717, 1.165) is 5.56 Å². The molecular formula is C22H28N2O7. The van der Waals surface area contributed by atoms with Gasteiger partial charge in [0.05, 0.1) is 40.5 Å². The van der Waals surface area contributed by atoms with Gasteiger partial charge in [0.15, 0.2) is 11.5 Å². The van der Waals surface area contributed by atoms with E-state index in [0.29, 0.717) is 41.7 Å². The van der Waals surface area contributed by atoms with Crippen LogP contribution in [0.1, 0.15) is 12.0 Å². The van der Waals surface area contributed by atoms with Gasteiger partial charge < -0.3 is 34.7 Å². The highest BCUT2D eigenvalue weighted by atomic mass is 16.5. The Labute approximate surface area is 181 Å². The Morgan fingerprint density at radius 1 is 0.903 bits per heavy atom. The topological polar surface area (TPSA) is 115 Å². The molecule has 1 atom stereocenters. The molecule has 0 spiro atoms. The van der Waals surface area contributed by atoms with E-state index in [4.69, 9.17) is 18.9 Å². The zero-order chi connectivity index (χ0) is 22.8. The zero-order valence-electron chi connectivity index (χ0n) is 18.1. The monoisotopic (exact) mass is 432 g/mol. The second-order valence-corrected chi connectivity index (χ2v) is 6.60. The number of amides is 1. The van der Waals surface area contributed by atoms with Crippen molar-refractivity contribution in [3.8, 4) is 23.0 Å². The first-order chi connectivity index (χ1) is 14.9. The van der Waals surface area contributed by atoms with Gasteiger partial charge in [0, 0.05) is 6.07 Å². The third kappa shape index (κ3) is 6.78. The molecule has 1 amide bonds. The van der Waals surface area contributed by atoms with Crippen LogP contribution in [0, 0.1) is 0 Å². The Morgan fingerprint density at radius 2 is 1.61 bits per heavy atom. The van der Waals surface area contributed by atoms with Crippen LogP contribution in [0.4, 0.5) is 5.69 Å². The summed E-state index contributed by atoms with van der Waals surface area (Å²) in [4.78, 5) is 24.0. The highest BCUT2D eigenvalue weighted by molar-refractivity contribution is 5.95. The first-order valence-corrected chi connectivity index (χ1v) is 9.60. The summed E-state index contributed by atoms with van der Waals surface area (Å²) in [7, 11) is 6.11. The average molecular weight is 432 g/mol. The largest absolute Gasteiger partial charge is 0.497 e. The second kappa shape index (κ2) is 11.7. The normalized spacial score (nSPS) is 11.4. The quantitative estimate of drug-likeness (QED) is 0.468. The van der Waals surface area contributed by atoms with Crippen LogP contribution < -0.4 is 29.6 Å². The highest BCUT2D eigenvalue weighted by Gasteiger charge is 2.21. The van der Waals surface area contributed by atoms with Crippen LogP contribution in [0.5, 0.6) is 23.0 Å². The molecule has 9 heteroatoms. The number of benzene rings is 2. The average Bonchev–Trinajstić information content (AvgIpc) is 2.78. The van der Waals surface area contributed by atoms with Crippen LogP contribution in [0.15, 0.2) is 36.4 Å². The van der Waals surface area contributed by atoms with Gasteiger partial charge >= 0.3 is 5.97 Å². The number of ether oxygens (including phenoxy) is 4. The zero-order valence-corrected chi connectivity index (χ0v) is 18.1. The molecule has 0 aromatic heterocycles. The second-order valence-electron chi connectivity index (χ2n) is 6.60. The molecule has 0 aliphatic rings. The lowest BCUT2D eigenvalue weighted by molar-refractivity contribution is -0.141. The molecule has 0 fully saturated rings. The van der Waals surface area contributed by atoms with Crippen molar-refractivity contribution in [3.63, 3.8) is 0 Å². The van der Waals surface area contributed by atoms with Gasteiger partial charge in [-0.2, -0.15) is 0 Å². The molecule has 2 aromatic rings. The first-order valence-electron chi connectivity index (χ1n) is 9.60. The maximum atomic E-state index is 12.4. The highest BCUT2D eigenvalue weighted by Crippen LogP contribution is 2.29. The summed E-state index contributed by atoms with van der Waals surface area (Å²) in [6.07, 6.45) is 0.314. The molecule has 0 aliphatic carbocycles. The van der Waals surface area contributed by atoms with Gasteiger partial charge in [-0.15, -0.1) is 0 Å². The van der Waals surface area contributed by atoms with Gasteiger partial charge in [0.2, 0.25) is 5.91 Å². The molecule has 2 rings (SSSR count). The summed E-state index contributed by atoms with van der Waals surface area (Å²) in [5, 5.41) is 15.1.